The molecule has 2 aromatic heterocycles. The number of esters is 1. The molecule has 0 bridgehead atoms. The number of carbonyl (C=O) groups excluding carboxylic acids is 3. The number of hydrogen-bond acceptors (Lipinski definition) is 7. The first-order valence-electron chi connectivity index (χ1n) is 10.4. The fraction of sp³-hybridized carbons (Fsp3) is 0.125. The lowest BCUT2D eigenvalue weighted by atomic mass is 10.1. The number of anilines is 2. The molecule has 0 fully saturated rings. The summed E-state index contributed by atoms with van der Waals surface area (Å²) in [6.45, 7) is 1.07. The molecule has 2 heterocycles. The van der Waals surface area contributed by atoms with Crippen LogP contribution >= 0.6 is 0 Å². The highest BCUT2D eigenvalue weighted by Gasteiger charge is 2.30. The molecule has 2 aromatic carbocycles. The quantitative estimate of drug-likeness (QED) is 0.373. The molecular weight excluding hydrogens is 481 g/mol. The summed E-state index contributed by atoms with van der Waals surface area (Å²) in [6.07, 6.45) is -3.31. The van der Waals surface area contributed by atoms with Gasteiger partial charge in [0.25, 0.3) is 17.5 Å². The van der Waals surface area contributed by atoms with Crippen molar-refractivity contribution in [3.05, 3.63) is 83.2 Å². The lowest BCUT2D eigenvalue weighted by Gasteiger charge is -2.11. The van der Waals surface area contributed by atoms with E-state index in [9.17, 15) is 27.6 Å². The SMILES string of the molecule is Cc1noc2ncc(C(=O)OCC(=O)Nc3cccc(C(=O)Nc4cccc(C(F)(F)F)c4)c3)cc12. The lowest BCUT2D eigenvalue weighted by Crippen LogP contribution is -2.21. The number of rotatable bonds is 6. The molecule has 0 saturated heterocycles. The topological polar surface area (TPSA) is 123 Å². The van der Waals surface area contributed by atoms with Crippen molar-refractivity contribution in [2.75, 3.05) is 17.2 Å². The van der Waals surface area contributed by atoms with Crippen LogP contribution in [-0.4, -0.2) is 34.5 Å². The molecule has 184 valence electrons. The Kier molecular flexibility index (Phi) is 6.68. The van der Waals surface area contributed by atoms with Crippen molar-refractivity contribution in [1.29, 1.82) is 0 Å². The molecule has 0 spiro atoms. The van der Waals surface area contributed by atoms with Crippen LogP contribution in [0.1, 0.15) is 32.0 Å². The fourth-order valence-corrected chi connectivity index (χ4v) is 3.18. The van der Waals surface area contributed by atoms with Gasteiger partial charge in [0.2, 0.25) is 0 Å². The van der Waals surface area contributed by atoms with Gasteiger partial charge in [0.05, 0.1) is 22.2 Å². The number of aryl methyl sites for hydroxylation is 1. The van der Waals surface area contributed by atoms with Crippen LogP contribution in [0.25, 0.3) is 11.1 Å². The second-order valence-corrected chi connectivity index (χ2v) is 7.58. The van der Waals surface area contributed by atoms with Gasteiger partial charge < -0.3 is 19.9 Å². The van der Waals surface area contributed by atoms with Crippen LogP contribution < -0.4 is 10.6 Å². The largest absolute Gasteiger partial charge is 0.452 e. The average Bonchev–Trinajstić information content (AvgIpc) is 3.22. The smallest absolute Gasteiger partial charge is 0.416 e. The maximum Gasteiger partial charge on any atom is 0.416 e. The average molecular weight is 498 g/mol. The highest BCUT2D eigenvalue weighted by Crippen LogP contribution is 2.30. The number of hydrogen-bond donors (Lipinski definition) is 2. The number of amides is 2. The Bertz CT molecular complexity index is 1470. The summed E-state index contributed by atoms with van der Waals surface area (Å²) in [7, 11) is 0. The molecule has 4 rings (SSSR count). The Balaban J connectivity index is 1.35. The number of nitrogens with zero attached hydrogens (tertiary/aromatic N) is 2. The van der Waals surface area contributed by atoms with Crippen molar-refractivity contribution in [2.24, 2.45) is 0 Å². The molecule has 2 amide bonds. The van der Waals surface area contributed by atoms with Crippen molar-refractivity contribution in [3.8, 4) is 0 Å². The van der Waals surface area contributed by atoms with E-state index >= 15 is 0 Å². The van der Waals surface area contributed by atoms with E-state index in [1.54, 1.807) is 6.92 Å². The molecule has 0 atom stereocenters. The van der Waals surface area contributed by atoms with Gasteiger partial charge in [-0.15, -0.1) is 0 Å². The minimum atomic E-state index is -4.55. The maximum atomic E-state index is 12.9. The Morgan fingerprint density at radius 3 is 2.44 bits per heavy atom. The number of nitrogens with one attached hydrogen (secondary N) is 2. The van der Waals surface area contributed by atoms with Crippen LogP contribution in [0.3, 0.4) is 0 Å². The molecule has 9 nitrogen and oxygen atoms in total. The number of pyridine rings is 1. The number of alkyl halides is 3. The van der Waals surface area contributed by atoms with Gasteiger partial charge in [0, 0.05) is 23.1 Å². The lowest BCUT2D eigenvalue weighted by molar-refractivity contribution is -0.137. The first-order valence-corrected chi connectivity index (χ1v) is 10.4. The van der Waals surface area contributed by atoms with Gasteiger partial charge in [0.1, 0.15) is 0 Å². The summed E-state index contributed by atoms with van der Waals surface area (Å²) in [5.74, 6) is -2.13. The van der Waals surface area contributed by atoms with E-state index in [-0.39, 0.29) is 28.2 Å². The molecular formula is C24H17F3N4O5. The van der Waals surface area contributed by atoms with Gasteiger partial charge in [-0.05, 0) is 49.4 Å². The van der Waals surface area contributed by atoms with E-state index in [1.165, 1.54) is 48.7 Å². The molecule has 0 unspecified atom stereocenters. The van der Waals surface area contributed by atoms with Crippen molar-refractivity contribution in [2.45, 2.75) is 13.1 Å². The van der Waals surface area contributed by atoms with Crippen LogP contribution in [0.2, 0.25) is 0 Å². The van der Waals surface area contributed by atoms with Crippen LogP contribution in [0.4, 0.5) is 24.5 Å². The molecule has 2 N–H and O–H groups in total. The van der Waals surface area contributed by atoms with E-state index in [0.29, 0.717) is 11.1 Å². The summed E-state index contributed by atoms with van der Waals surface area (Å²) in [4.78, 5) is 41.0. The zero-order valence-electron chi connectivity index (χ0n) is 18.6. The molecule has 0 saturated carbocycles. The van der Waals surface area contributed by atoms with Crippen molar-refractivity contribution in [1.82, 2.24) is 10.1 Å². The van der Waals surface area contributed by atoms with E-state index in [0.717, 1.165) is 12.1 Å². The van der Waals surface area contributed by atoms with Gasteiger partial charge in [-0.25, -0.2) is 9.78 Å². The Hall–Kier alpha value is -4.74. The minimum absolute atomic E-state index is 0.0368. The number of halogens is 3. The van der Waals surface area contributed by atoms with Crippen LogP contribution in [-0.2, 0) is 15.7 Å². The summed E-state index contributed by atoms with van der Waals surface area (Å²) in [6, 6.07) is 11.4. The molecule has 12 heteroatoms. The summed E-state index contributed by atoms with van der Waals surface area (Å²) >= 11 is 0. The van der Waals surface area contributed by atoms with Crippen molar-refractivity contribution >= 4 is 40.3 Å². The van der Waals surface area contributed by atoms with Gasteiger partial charge in [0.15, 0.2) is 6.61 Å². The number of fused-ring (bicyclic) bond motifs is 1. The summed E-state index contributed by atoms with van der Waals surface area (Å²) in [5.41, 5.74) is 0.283. The van der Waals surface area contributed by atoms with Crippen molar-refractivity contribution < 1.29 is 36.8 Å². The number of aromatic nitrogens is 2. The second kappa shape index (κ2) is 9.86. The highest BCUT2D eigenvalue weighted by atomic mass is 19.4. The third-order valence-electron chi connectivity index (χ3n) is 4.94. The van der Waals surface area contributed by atoms with Gasteiger partial charge in [-0.1, -0.05) is 17.3 Å². The minimum Gasteiger partial charge on any atom is -0.452 e. The Morgan fingerprint density at radius 2 is 1.69 bits per heavy atom. The van der Waals surface area contributed by atoms with E-state index < -0.39 is 36.1 Å². The van der Waals surface area contributed by atoms with Gasteiger partial charge in [-0.2, -0.15) is 13.2 Å². The van der Waals surface area contributed by atoms with Crippen LogP contribution in [0, 0.1) is 6.92 Å². The van der Waals surface area contributed by atoms with Crippen LogP contribution in [0.5, 0.6) is 0 Å². The third kappa shape index (κ3) is 5.66. The third-order valence-corrected chi connectivity index (χ3v) is 4.94. The molecule has 4 aromatic rings. The van der Waals surface area contributed by atoms with E-state index in [2.05, 4.69) is 20.8 Å². The fourth-order valence-electron chi connectivity index (χ4n) is 3.18. The first kappa shape index (κ1) is 24.4. The predicted octanol–water partition coefficient (Wildman–Crippen LogP) is 4.60. The van der Waals surface area contributed by atoms with E-state index in [1.807, 2.05) is 0 Å². The number of benzene rings is 2. The second-order valence-electron chi connectivity index (χ2n) is 7.58. The molecule has 36 heavy (non-hydrogen) atoms. The van der Waals surface area contributed by atoms with E-state index in [4.69, 9.17) is 9.26 Å². The normalized spacial score (nSPS) is 11.2. The monoisotopic (exact) mass is 498 g/mol. The molecule has 0 aliphatic carbocycles. The molecule has 0 radical (unpaired) electrons. The number of ether oxygens (including phenoxy) is 1. The zero-order chi connectivity index (χ0) is 25.9. The zero-order valence-corrected chi connectivity index (χ0v) is 18.6. The summed E-state index contributed by atoms with van der Waals surface area (Å²) in [5, 5.41) is 9.15. The summed E-state index contributed by atoms with van der Waals surface area (Å²) < 4.78 is 48.6. The Labute approximate surface area is 201 Å². The van der Waals surface area contributed by atoms with Crippen molar-refractivity contribution in [3.63, 3.8) is 0 Å². The maximum absolute atomic E-state index is 12.9. The first-order chi connectivity index (χ1) is 17.1. The predicted molar refractivity (Wildman–Crippen MR) is 121 cm³/mol. The van der Waals surface area contributed by atoms with Crippen LogP contribution in [0.15, 0.2) is 65.3 Å². The Morgan fingerprint density at radius 1 is 0.972 bits per heavy atom. The van der Waals surface area contributed by atoms with Gasteiger partial charge in [-0.3, -0.25) is 9.59 Å². The van der Waals surface area contributed by atoms with Gasteiger partial charge >= 0.3 is 12.1 Å². The molecule has 0 aliphatic heterocycles. The highest BCUT2D eigenvalue weighted by molar-refractivity contribution is 6.05. The molecule has 0 aliphatic rings. The standard InChI is InChI=1S/C24H17F3N4O5/c1-13-19-9-15(11-28-22(19)36-31-13)23(34)35-12-20(32)29-17-6-2-4-14(8-17)21(33)30-18-7-3-5-16(10-18)24(25,26)27/h2-11H,12H2,1H3,(H,29,32)(H,30,33). The number of carbonyl (C=O) groups is 3.